The lowest BCUT2D eigenvalue weighted by molar-refractivity contribution is 0.278. The Morgan fingerprint density at radius 2 is 0.698 bits per heavy atom. The van der Waals surface area contributed by atoms with E-state index in [9.17, 15) is 0 Å². The van der Waals surface area contributed by atoms with Gasteiger partial charge in [-0.25, -0.2) is 0 Å². The van der Waals surface area contributed by atoms with Crippen molar-refractivity contribution in [3.05, 3.63) is 76.9 Å². The lowest BCUT2D eigenvalue weighted by Gasteiger charge is -2.37. The molecule has 4 aromatic rings. The van der Waals surface area contributed by atoms with Crippen molar-refractivity contribution in [3.8, 4) is 5.30 Å². The minimum absolute atomic E-state index is 0.0607. The molecule has 3 heteroatoms. The Labute approximate surface area is 326 Å². The van der Waals surface area contributed by atoms with E-state index < -0.39 is 8.01 Å². The van der Waals surface area contributed by atoms with Gasteiger partial charge in [0.05, 0.1) is 5.30 Å². The summed E-state index contributed by atoms with van der Waals surface area (Å²) in [5.74, 6) is 0. The van der Waals surface area contributed by atoms with E-state index in [-0.39, 0.29) is 43.3 Å². The second kappa shape index (κ2) is 14.3. The Kier molecular flexibility index (Phi) is 11.6. The lowest BCUT2D eigenvalue weighted by atomic mass is 9.67. The summed E-state index contributed by atoms with van der Waals surface area (Å²) in [6.07, 6.45) is 4.19. The zero-order valence-electron chi connectivity index (χ0n) is 37.8. The zero-order valence-corrected chi connectivity index (χ0v) is 38.7. The highest BCUT2D eigenvalue weighted by Gasteiger charge is 2.37. The molecule has 2 nitrogen and oxygen atoms in total. The molecule has 0 unspecified atom stereocenters. The summed E-state index contributed by atoms with van der Waals surface area (Å²) in [4.78, 5) is 0. The molecule has 1 aromatic heterocycles. The maximum Gasteiger partial charge on any atom is 0.252 e. The van der Waals surface area contributed by atoms with Crippen LogP contribution in [0.3, 0.4) is 0 Å². The molecule has 0 aliphatic rings. The summed E-state index contributed by atoms with van der Waals surface area (Å²) < 4.78 is 14.9. The predicted molar refractivity (Wildman–Crippen MR) is 236 cm³/mol. The van der Waals surface area contributed by atoms with Crippen LogP contribution in [-0.4, -0.2) is 0 Å². The molecule has 0 aliphatic carbocycles. The quantitative estimate of drug-likeness (QED) is 0.171. The minimum atomic E-state index is -1.48. The van der Waals surface area contributed by atoms with E-state index in [4.69, 9.17) is 8.39 Å². The number of hydrogen-bond donors (Lipinski definition) is 0. The van der Waals surface area contributed by atoms with Crippen molar-refractivity contribution >= 4 is 30.0 Å². The van der Waals surface area contributed by atoms with Crippen LogP contribution in [0.15, 0.2) is 63.0 Å². The maximum atomic E-state index is 7.44. The van der Waals surface area contributed by atoms with Crippen molar-refractivity contribution in [2.24, 2.45) is 21.7 Å². The standard InChI is InChI=1S/C50H77O2P/c1-43(2,3)30-47(13,14)34-26-37-38-27-35(48(15,16)31-44(4,5)6)29-40(50(19,20)33-46(10,11)12)42(38)52-53(36-24-22-21-23-25-36)51-41(37)39(28-34)49(17,18)32-45(7,8)9/h21-29H,30-33H2,1-20H3. The Hall–Kier alpha value is -2.44. The van der Waals surface area contributed by atoms with Gasteiger partial charge in [-0.05, 0) is 104 Å². The molecule has 0 bridgehead atoms. The van der Waals surface area contributed by atoms with Crippen LogP contribution in [0.2, 0.25) is 0 Å². The van der Waals surface area contributed by atoms with Gasteiger partial charge in [0.1, 0.15) is 11.2 Å². The molecule has 0 saturated heterocycles. The molecule has 0 spiro atoms. The van der Waals surface area contributed by atoms with Gasteiger partial charge in [-0.2, -0.15) is 0 Å². The van der Waals surface area contributed by atoms with Gasteiger partial charge in [-0.1, -0.05) is 169 Å². The molecule has 0 fully saturated rings. The molecule has 4 rings (SSSR count). The fourth-order valence-electron chi connectivity index (χ4n) is 10.2. The fraction of sp³-hybridized carbons (Fsp3) is 0.640. The number of benzene rings is 3. The Morgan fingerprint density at radius 3 is 1.00 bits per heavy atom. The molecule has 0 N–H and O–H groups in total. The van der Waals surface area contributed by atoms with Crippen molar-refractivity contribution < 1.29 is 8.39 Å². The first-order chi connectivity index (χ1) is 23.7. The molecule has 1 heterocycles. The summed E-state index contributed by atoms with van der Waals surface area (Å²) in [7, 11) is -1.48. The number of fused-ring (bicyclic) bond motifs is 3. The van der Waals surface area contributed by atoms with Crippen molar-refractivity contribution in [1.29, 1.82) is 0 Å². The SMILES string of the molecule is CC(C)(C)CC(C)(C)c1cc(C(C)(C)CC(C)(C)C)c2op(-c3ccccc3)oc3c(C(C)(C)CC(C)(C)C)cc(C(C)(C)CC(C)(C)C)cc3c2c1. The lowest BCUT2D eigenvalue weighted by Crippen LogP contribution is -2.28. The second-order valence-corrected chi connectivity index (χ2v) is 25.5. The summed E-state index contributed by atoms with van der Waals surface area (Å²) in [5, 5.41) is 3.45. The summed E-state index contributed by atoms with van der Waals surface area (Å²) in [5.41, 5.74) is 7.48. The van der Waals surface area contributed by atoms with E-state index in [1.165, 1.54) is 33.0 Å². The maximum absolute atomic E-state index is 7.44. The van der Waals surface area contributed by atoms with Gasteiger partial charge in [0.15, 0.2) is 0 Å². The van der Waals surface area contributed by atoms with Gasteiger partial charge in [0.25, 0.3) is 8.01 Å². The fourth-order valence-corrected chi connectivity index (χ4v) is 11.6. The largest absolute Gasteiger partial charge is 0.415 e. The smallest absolute Gasteiger partial charge is 0.252 e. The van der Waals surface area contributed by atoms with E-state index in [0.717, 1.165) is 42.2 Å². The highest BCUT2D eigenvalue weighted by molar-refractivity contribution is 7.45. The highest BCUT2D eigenvalue weighted by Crippen LogP contribution is 2.52. The number of rotatable bonds is 9. The Balaban J connectivity index is 2.40. The molecule has 0 atom stereocenters. The molecule has 0 radical (unpaired) electrons. The van der Waals surface area contributed by atoms with Crippen LogP contribution in [0.1, 0.15) is 186 Å². The third kappa shape index (κ3) is 10.9. The minimum Gasteiger partial charge on any atom is -0.415 e. The van der Waals surface area contributed by atoms with Gasteiger partial charge >= 0.3 is 0 Å². The second-order valence-electron chi connectivity index (χ2n) is 24.1. The zero-order chi connectivity index (χ0) is 40.4. The predicted octanol–water partition coefficient (Wildman–Crippen LogP) is 17.1. The van der Waals surface area contributed by atoms with Gasteiger partial charge in [0, 0.05) is 21.9 Å². The van der Waals surface area contributed by atoms with Crippen molar-refractivity contribution in [1.82, 2.24) is 0 Å². The molecule has 53 heavy (non-hydrogen) atoms. The molecule has 3 aromatic carbocycles. The first-order valence-electron chi connectivity index (χ1n) is 20.3. The van der Waals surface area contributed by atoms with Crippen molar-refractivity contribution in [2.45, 2.75) is 186 Å². The average molecular weight is 741 g/mol. The average Bonchev–Trinajstić information content (AvgIpc) is 3.08. The summed E-state index contributed by atoms with van der Waals surface area (Å²) in [6.45, 7) is 47.9. The Bertz CT molecular complexity index is 1820. The van der Waals surface area contributed by atoms with Crippen LogP contribution in [0.5, 0.6) is 0 Å². The van der Waals surface area contributed by atoms with E-state index in [0.29, 0.717) is 0 Å². The molecule has 0 amide bonds. The molecular formula is C50H77O2P. The molecular weight excluding hydrogens is 664 g/mol. The molecule has 0 aliphatic heterocycles. The molecule has 0 saturated carbocycles. The Morgan fingerprint density at radius 1 is 0.396 bits per heavy atom. The van der Waals surface area contributed by atoms with Crippen LogP contribution >= 0.6 is 8.01 Å². The van der Waals surface area contributed by atoms with Gasteiger partial charge in [-0.15, -0.1) is 0 Å². The van der Waals surface area contributed by atoms with Crippen LogP contribution in [-0.2, 0) is 21.7 Å². The summed E-state index contributed by atoms with van der Waals surface area (Å²) >= 11 is 0. The molecule has 294 valence electrons. The van der Waals surface area contributed by atoms with Crippen LogP contribution in [0.25, 0.3) is 27.2 Å². The van der Waals surface area contributed by atoms with Crippen LogP contribution < -0.4 is 0 Å². The monoisotopic (exact) mass is 741 g/mol. The van der Waals surface area contributed by atoms with Crippen LogP contribution in [0.4, 0.5) is 0 Å². The van der Waals surface area contributed by atoms with Crippen molar-refractivity contribution in [2.75, 3.05) is 0 Å². The van der Waals surface area contributed by atoms with E-state index in [2.05, 4.69) is 193 Å². The normalized spacial score (nSPS) is 14.3. The van der Waals surface area contributed by atoms with Gasteiger partial charge < -0.3 is 8.39 Å². The number of hydrogen-bond acceptors (Lipinski definition) is 2. The van der Waals surface area contributed by atoms with E-state index in [1.54, 1.807) is 0 Å². The third-order valence-electron chi connectivity index (χ3n) is 10.7. The van der Waals surface area contributed by atoms with E-state index in [1.807, 2.05) is 0 Å². The third-order valence-corrected chi connectivity index (χ3v) is 12.1. The van der Waals surface area contributed by atoms with Gasteiger partial charge in [0.2, 0.25) is 0 Å². The highest BCUT2D eigenvalue weighted by atomic mass is 31.1. The van der Waals surface area contributed by atoms with E-state index >= 15 is 0 Å². The van der Waals surface area contributed by atoms with Crippen LogP contribution in [0, 0.1) is 21.7 Å². The first-order valence-corrected chi connectivity index (χ1v) is 21.5. The first kappa shape index (κ1) is 43.3. The van der Waals surface area contributed by atoms with Crippen molar-refractivity contribution in [3.63, 3.8) is 0 Å². The summed E-state index contributed by atoms with van der Waals surface area (Å²) in [6, 6.07) is 20.7. The van der Waals surface area contributed by atoms with Gasteiger partial charge in [-0.3, -0.25) is 0 Å². The topological polar surface area (TPSA) is 26.3 Å².